The van der Waals surface area contributed by atoms with E-state index in [4.69, 9.17) is 14.2 Å². The summed E-state index contributed by atoms with van der Waals surface area (Å²) >= 11 is 0. The highest BCUT2D eigenvalue weighted by atomic mass is 16.5. The number of aryl methyl sites for hydroxylation is 1. The molecule has 0 saturated heterocycles. The number of esters is 1. The number of hydrogen-bond donors (Lipinski definition) is 0. The summed E-state index contributed by atoms with van der Waals surface area (Å²) in [5.41, 5.74) is 3.11. The van der Waals surface area contributed by atoms with Gasteiger partial charge in [-0.3, -0.25) is 0 Å². The molecule has 1 aliphatic carbocycles. The number of hydrogen-bond acceptors (Lipinski definition) is 5. The first-order valence-electron chi connectivity index (χ1n) is 11.2. The number of benzene rings is 1. The standard InChI is InChI=1S/C25H33NO4/c1-4-21-18(3)26-24(29-17-19-13-9-8-10-14-19)22(25(27)28-5-2)23(21)30-20-15-11-6-7-12-16-20/h8-10,13-14,20H,4-7,11-12,15-17H2,1-3H3. The van der Waals surface area contributed by atoms with Crippen molar-refractivity contribution in [3.8, 4) is 11.6 Å². The quantitative estimate of drug-likeness (QED) is 0.405. The van der Waals surface area contributed by atoms with E-state index < -0.39 is 5.97 Å². The first kappa shape index (κ1) is 22.1. The molecule has 0 radical (unpaired) electrons. The zero-order chi connectivity index (χ0) is 21.3. The molecule has 1 heterocycles. The molecule has 162 valence electrons. The lowest BCUT2D eigenvalue weighted by molar-refractivity contribution is 0.0510. The molecule has 0 bridgehead atoms. The molecule has 0 amide bonds. The van der Waals surface area contributed by atoms with Gasteiger partial charge in [-0.05, 0) is 51.5 Å². The first-order valence-corrected chi connectivity index (χ1v) is 11.2. The Hall–Kier alpha value is -2.56. The molecule has 5 heteroatoms. The molecule has 0 unspecified atom stereocenters. The van der Waals surface area contributed by atoms with E-state index >= 15 is 0 Å². The summed E-state index contributed by atoms with van der Waals surface area (Å²) in [5.74, 6) is 0.445. The SMILES string of the molecule is CCOC(=O)c1c(OCc2ccccc2)nc(C)c(CC)c1OC1CCCCCC1. The van der Waals surface area contributed by atoms with E-state index in [2.05, 4.69) is 11.9 Å². The number of nitrogens with zero attached hydrogens (tertiary/aromatic N) is 1. The second kappa shape index (κ2) is 11.0. The Balaban J connectivity index is 1.99. The average molecular weight is 412 g/mol. The van der Waals surface area contributed by atoms with E-state index in [9.17, 15) is 4.79 Å². The van der Waals surface area contributed by atoms with Crippen molar-refractivity contribution in [1.29, 1.82) is 0 Å². The Kier molecular flexibility index (Phi) is 8.12. The molecule has 0 atom stereocenters. The molecular weight excluding hydrogens is 378 g/mol. The van der Waals surface area contributed by atoms with Crippen LogP contribution in [0.15, 0.2) is 30.3 Å². The van der Waals surface area contributed by atoms with Crippen molar-refractivity contribution in [2.24, 2.45) is 0 Å². The summed E-state index contributed by atoms with van der Waals surface area (Å²) in [4.78, 5) is 17.6. The highest BCUT2D eigenvalue weighted by Gasteiger charge is 2.28. The van der Waals surface area contributed by atoms with Gasteiger partial charge >= 0.3 is 5.97 Å². The van der Waals surface area contributed by atoms with Gasteiger partial charge in [0.15, 0.2) is 5.56 Å². The third-order valence-electron chi connectivity index (χ3n) is 5.56. The largest absolute Gasteiger partial charge is 0.489 e. The van der Waals surface area contributed by atoms with Gasteiger partial charge in [0.1, 0.15) is 12.4 Å². The van der Waals surface area contributed by atoms with E-state index in [-0.39, 0.29) is 18.6 Å². The molecule has 1 aromatic heterocycles. The third-order valence-corrected chi connectivity index (χ3v) is 5.56. The van der Waals surface area contributed by atoms with Crippen LogP contribution in [-0.2, 0) is 17.8 Å². The number of carbonyl (C=O) groups excluding carboxylic acids is 1. The van der Waals surface area contributed by atoms with E-state index in [1.807, 2.05) is 37.3 Å². The second-order valence-corrected chi connectivity index (χ2v) is 7.76. The summed E-state index contributed by atoms with van der Waals surface area (Å²) in [5, 5.41) is 0. The predicted octanol–water partition coefficient (Wildman–Crippen LogP) is 5.81. The van der Waals surface area contributed by atoms with E-state index in [0.717, 1.165) is 48.9 Å². The minimum atomic E-state index is -0.439. The zero-order valence-electron chi connectivity index (χ0n) is 18.4. The van der Waals surface area contributed by atoms with Crippen LogP contribution in [0.1, 0.15) is 79.6 Å². The molecule has 5 nitrogen and oxygen atoms in total. The smallest absolute Gasteiger partial charge is 0.347 e. The van der Waals surface area contributed by atoms with Crippen molar-refractivity contribution in [2.75, 3.05) is 6.61 Å². The molecular formula is C25H33NO4. The third kappa shape index (κ3) is 5.53. The molecule has 2 aromatic rings. The van der Waals surface area contributed by atoms with Crippen LogP contribution < -0.4 is 9.47 Å². The number of rotatable bonds is 8. The Labute approximate surface area is 179 Å². The van der Waals surface area contributed by atoms with Crippen LogP contribution >= 0.6 is 0 Å². The lowest BCUT2D eigenvalue weighted by Crippen LogP contribution is -2.21. The van der Waals surface area contributed by atoms with Crippen molar-refractivity contribution >= 4 is 5.97 Å². The molecule has 0 N–H and O–H groups in total. The lowest BCUT2D eigenvalue weighted by atomic mass is 10.0. The van der Waals surface area contributed by atoms with Crippen LogP contribution in [0.25, 0.3) is 0 Å². The monoisotopic (exact) mass is 411 g/mol. The summed E-state index contributed by atoms with van der Waals surface area (Å²) in [6.45, 7) is 6.42. The van der Waals surface area contributed by atoms with Gasteiger partial charge in [0, 0.05) is 11.3 Å². The van der Waals surface area contributed by atoms with Crippen molar-refractivity contribution in [2.45, 2.75) is 78.4 Å². The van der Waals surface area contributed by atoms with E-state index in [1.54, 1.807) is 6.92 Å². The maximum Gasteiger partial charge on any atom is 0.347 e. The highest BCUT2D eigenvalue weighted by Crippen LogP contribution is 2.36. The van der Waals surface area contributed by atoms with Gasteiger partial charge in [0.05, 0.1) is 12.7 Å². The van der Waals surface area contributed by atoms with Gasteiger partial charge in [0.25, 0.3) is 0 Å². The Morgan fingerprint density at radius 2 is 1.77 bits per heavy atom. The Bertz CT molecular complexity index is 827. The van der Waals surface area contributed by atoms with E-state index in [1.165, 1.54) is 12.8 Å². The number of carbonyl (C=O) groups is 1. The van der Waals surface area contributed by atoms with Gasteiger partial charge < -0.3 is 14.2 Å². The van der Waals surface area contributed by atoms with Crippen molar-refractivity contribution in [3.63, 3.8) is 0 Å². The van der Waals surface area contributed by atoms with Crippen molar-refractivity contribution in [3.05, 3.63) is 52.7 Å². The van der Waals surface area contributed by atoms with Gasteiger partial charge in [-0.25, -0.2) is 9.78 Å². The molecule has 1 fully saturated rings. The fourth-order valence-electron chi connectivity index (χ4n) is 3.97. The normalized spacial score (nSPS) is 14.8. The van der Waals surface area contributed by atoms with Crippen LogP contribution in [0.2, 0.25) is 0 Å². The molecule has 0 aliphatic heterocycles. The maximum absolute atomic E-state index is 13.0. The average Bonchev–Trinajstić information content (AvgIpc) is 3.02. The number of ether oxygens (including phenoxy) is 3. The van der Waals surface area contributed by atoms with Crippen LogP contribution in [0.5, 0.6) is 11.6 Å². The molecule has 0 spiro atoms. The molecule has 1 aliphatic rings. The van der Waals surface area contributed by atoms with Crippen LogP contribution in [-0.4, -0.2) is 23.7 Å². The summed E-state index contributed by atoms with van der Waals surface area (Å²) in [7, 11) is 0. The summed E-state index contributed by atoms with van der Waals surface area (Å²) in [6.07, 6.45) is 7.64. The topological polar surface area (TPSA) is 57.7 Å². The molecule has 3 rings (SSSR count). The van der Waals surface area contributed by atoms with Crippen LogP contribution in [0, 0.1) is 6.92 Å². The molecule has 30 heavy (non-hydrogen) atoms. The first-order chi connectivity index (χ1) is 14.6. The Morgan fingerprint density at radius 3 is 2.40 bits per heavy atom. The van der Waals surface area contributed by atoms with Crippen molar-refractivity contribution < 1.29 is 19.0 Å². The maximum atomic E-state index is 13.0. The second-order valence-electron chi connectivity index (χ2n) is 7.76. The van der Waals surface area contributed by atoms with E-state index in [0.29, 0.717) is 17.9 Å². The zero-order valence-corrected chi connectivity index (χ0v) is 18.4. The van der Waals surface area contributed by atoms with Gasteiger partial charge in [-0.15, -0.1) is 0 Å². The highest BCUT2D eigenvalue weighted by molar-refractivity contribution is 5.95. The number of pyridine rings is 1. The summed E-state index contributed by atoms with van der Waals surface area (Å²) in [6, 6.07) is 9.86. The molecule has 1 saturated carbocycles. The summed E-state index contributed by atoms with van der Waals surface area (Å²) < 4.78 is 17.9. The van der Waals surface area contributed by atoms with Crippen LogP contribution in [0.3, 0.4) is 0 Å². The Morgan fingerprint density at radius 1 is 1.07 bits per heavy atom. The fourth-order valence-corrected chi connectivity index (χ4v) is 3.97. The number of aromatic nitrogens is 1. The molecule has 1 aromatic carbocycles. The minimum absolute atomic E-state index is 0.106. The minimum Gasteiger partial charge on any atom is -0.489 e. The van der Waals surface area contributed by atoms with Crippen molar-refractivity contribution in [1.82, 2.24) is 4.98 Å². The van der Waals surface area contributed by atoms with Gasteiger partial charge in [-0.1, -0.05) is 50.1 Å². The fraction of sp³-hybridized carbons (Fsp3) is 0.520. The van der Waals surface area contributed by atoms with Crippen LogP contribution in [0.4, 0.5) is 0 Å². The van der Waals surface area contributed by atoms with Gasteiger partial charge in [-0.2, -0.15) is 0 Å². The lowest BCUT2D eigenvalue weighted by Gasteiger charge is -2.23. The van der Waals surface area contributed by atoms with Gasteiger partial charge in [0.2, 0.25) is 5.88 Å². The predicted molar refractivity (Wildman–Crippen MR) is 117 cm³/mol.